The third kappa shape index (κ3) is 2.83. The van der Waals surface area contributed by atoms with E-state index in [9.17, 15) is 14.7 Å². The lowest BCUT2D eigenvalue weighted by Crippen LogP contribution is -2.55. The van der Waals surface area contributed by atoms with Crippen LogP contribution in [0.15, 0.2) is 57.4 Å². The van der Waals surface area contributed by atoms with Crippen molar-refractivity contribution < 1.29 is 19.4 Å². The Labute approximate surface area is 203 Å². The first-order valence-corrected chi connectivity index (χ1v) is 12.7. The van der Waals surface area contributed by atoms with Crippen molar-refractivity contribution in [2.75, 3.05) is 7.11 Å². The third-order valence-electron chi connectivity index (χ3n) is 10.4. The van der Waals surface area contributed by atoms with E-state index >= 15 is 0 Å². The molecular formula is C30H38O4. The molecule has 0 heterocycles. The third-order valence-corrected chi connectivity index (χ3v) is 10.4. The average molecular weight is 463 g/mol. The van der Waals surface area contributed by atoms with Crippen LogP contribution in [0.5, 0.6) is 0 Å². The largest absolute Gasteiger partial charge is 0.504 e. The molecule has 5 atom stereocenters. The first kappa shape index (κ1) is 23.4. The molecule has 0 spiro atoms. The van der Waals surface area contributed by atoms with Gasteiger partial charge in [-0.25, -0.2) is 0 Å². The van der Waals surface area contributed by atoms with E-state index in [1.807, 2.05) is 6.92 Å². The molecule has 0 aromatic rings. The minimum atomic E-state index is -0.440. The predicted octanol–water partition coefficient (Wildman–Crippen LogP) is 6.71. The molecule has 0 aromatic heterocycles. The standard InChI is InChI=1S/C30H38O4/c1-17-15-27(3)10-11-28(4,26(33)34-7)16-23(27)30(6)13-12-29(5)20(24(17)30)9-8-19-18(2)25(32)22(31)14-21(19)29/h8-9,14,23,32H,10-13,15-16H2,1-7H3. The van der Waals surface area contributed by atoms with Gasteiger partial charge in [0.05, 0.1) is 12.5 Å². The molecule has 4 nitrogen and oxygen atoms in total. The number of rotatable bonds is 1. The molecule has 0 saturated heterocycles. The first-order valence-electron chi connectivity index (χ1n) is 12.7. The lowest BCUT2D eigenvalue weighted by molar-refractivity contribution is -0.160. The zero-order valence-corrected chi connectivity index (χ0v) is 21.7. The highest BCUT2D eigenvalue weighted by atomic mass is 16.5. The number of hydrogen-bond donors (Lipinski definition) is 1. The molecule has 34 heavy (non-hydrogen) atoms. The summed E-state index contributed by atoms with van der Waals surface area (Å²) in [6.07, 6.45) is 11.8. The number of ether oxygens (including phenoxy) is 1. The summed E-state index contributed by atoms with van der Waals surface area (Å²) in [7, 11) is 1.51. The van der Waals surface area contributed by atoms with Crippen molar-refractivity contribution >= 4 is 11.8 Å². The number of aliphatic hydroxyl groups excluding tert-OH is 1. The highest BCUT2D eigenvalue weighted by Gasteiger charge is 2.61. The second-order valence-corrected chi connectivity index (χ2v) is 12.6. The van der Waals surface area contributed by atoms with E-state index in [0.717, 1.165) is 49.7 Å². The number of allylic oxidation sites excluding steroid dienone is 9. The van der Waals surface area contributed by atoms with E-state index in [-0.39, 0.29) is 33.8 Å². The minimum Gasteiger partial charge on any atom is -0.504 e. The molecule has 0 radical (unpaired) electrons. The van der Waals surface area contributed by atoms with Crippen LogP contribution in [-0.2, 0) is 14.3 Å². The zero-order chi connectivity index (χ0) is 24.8. The van der Waals surface area contributed by atoms with Gasteiger partial charge in [0.15, 0.2) is 5.76 Å². The lowest BCUT2D eigenvalue weighted by Gasteiger charge is -2.63. The normalized spacial score (nSPS) is 41.4. The molecule has 0 aliphatic heterocycles. The SMILES string of the molecule is COC(=O)C1(C)CCC2(C)CC(C)=C3C4=CC=C5C(=CC(=O)C(O)=C5C)C4(C)CCC3(C)C2C1. The number of carbonyl (C=O) groups excluding carboxylic acids is 2. The van der Waals surface area contributed by atoms with Gasteiger partial charge in [-0.05, 0) is 104 Å². The van der Waals surface area contributed by atoms with E-state index in [1.165, 1.54) is 23.8 Å². The van der Waals surface area contributed by atoms with Crippen molar-refractivity contribution in [3.05, 3.63) is 57.4 Å². The van der Waals surface area contributed by atoms with Gasteiger partial charge in [0.25, 0.3) is 0 Å². The van der Waals surface area contributed by atoms with Gasteiger partial charge in [-0.15, -0.1) is 0 Å². The number of hydrogen-bond acceptors (Lipinski definition) is 4. The van der Waals surface area contributed by atoms with Crippen molar-refractivity contribution in [3.8, 4) is 0 Å². The summed E-state index contributed by atoms with van der Waals surface area (Å²) >= 11 is 0. The Bertz CT molecular complexity index is 1180. The molecule has 5 aliphatic carbocycles. The molecular weight excluding hydrogens is 424 g/mol. The zero-order valence-electron chi connectivity index (χ0n) is 21.7. The Morgan fingerprint density at radius 3 is 2.41 bits per heavy atom. The fourth-order valence-corrected chi connectivity index (χ4v) is 8.46. The molecule has 2 fully saturated rings. The van der Waals surface area contributed by atoms with E-state index in [4.69, 9.17) is 4.74 Å². The van der Waals surface area contributed by atoms with E-state index < -0.39 is 5.41 Å². The van der Waals surface area contributed by atoms with Gasteiger partial charge in [-0.1, -0.05) is 38.5 Å². The summed E-state index contributed by atoms with van der Waals surface area (Å²) in [5.41, 5.74) is 6.37. The van der Waals surface area contributed by atoms with Crippen LogP contribution in [0.25, 0.3) is 0 Å². The summed E-state index contributed by atoms with van der Waals surface area (Å²) in [5, 5.41) is 10.3. The highest BCUT2D eigenvalue weighted by Crippen LogP contribution is 2.70. The molecule has 0 bridgehead atoms. The number of aliphatic hydroxyl groups is 1. The maximum Gasteiger partial charge on any atom is 0.311 e. The molecule has 0 aromatic carbocycles. The smallest absolute Gasteiger partial charge is 0.311 e. The van der Waals surface area contributed by atoms with E-state index in [0.29, 0.717) is 11.5 Å². The molecule has 5 rings (SSSR count). The van der Waals surface area contributed by atoms with Crippen LogP contribution in [-0.4, -0.2) is 24.0 Å². The summed E-state index contributed by atoms with van der Waals surface area (Å²) < 4.78 is 5.25. The van der Waals surface area contributed by atoms with E-state index in [1.54, 1.807) is 6.08 Å². The Balaban J connectivity index is 1.66. The van der Waals surface area contributed by atoms with Crippen molar-refractivity contribution in [2.24, 2.45) is 27.6 Å². The Morgan fingerprint density at radius 1 is 1.03 bits per heavy atom. The molecule has 4 heteroatoms. The number of fused-ring (bicyclic) bond motifs is 7. The van der Waals surface area contributed by atoms with Gasteiger partial charge in [0.2, 0.25) is 5.78 Å². The van der Waals surface area contributed by atoms with Crippen LogP contribution in [0, 0.1) is 27.6 Å². The summed E-state index contributed by atoms with van der Waals surface area (Å²) in [5.74, 6) is -0.114. The van der Waals surface area contributed by atoms with Crippen LogP contribution in [0.4, 0.5) is 0 Å². The van der Waals surface area contributed by atoms with Gasteiger partial charge in [-0.2, -0.15) is 0 Å². The van der Waals surface area contributed by atoms with Crippen molar-refractivity contribution in [1.82, 2.24) is 0 Å². The van der Waals surface area contributed by atoms with Crippen molar-refractivity contribution in [2.45, 2.75) is 80.1 Å². The Morgan fingerprint density at radius 2 is 1.74 bits per heavy atom. The quantitative estimate of drug-likeness (QED) is 0.440. The maximum absolute atomic E-state index is 12.8. The second kappa shape index (κ2) is 7.08. The number of ketones is 1. The number of carbonyl (C=O) groups is 2. The summed E-state index contributed by atoms with van der Waals surface area (Å²) in [6, 6.07) is 0. The predicted molar refractivity (Wildman–Crippen MR) is 133 cm³/mol. The minimum absolute atomic E-state index is 0.0320. The molecule has 1 N–H and O–H groups in total. The van der Waals surface area contributed by atoms with Gasteiger partial charge in [-0.3, -0.25) is 9.59 Å². The number of esters is 1. The van der Waals surface area contributed by atoms with E-state index in [2.05, 4.69) is 46.8 Å². The molecule has 182 valence electrons. The highest BCUT2D eigenvalue weighted by molar-refractivity contribution is 6.06. The van der Waals surface area contributed by atoms with Crippen molar-refractivity contribution in [1.29, 1.82) is 0 Å². The lowest BCUT2D eigenvalue weighted by atomic mass is 9.41. The van der Waals surface area contributed by atoms with Crippen LogP contribution in [0.2, 0.25) is 0 Å². The first-order chi connectivity index (χ1) is 15.8. The molecule has 2 saturated carbocycles. The fraction of sp³-hybridized carbons (Fsp3) is 0.600. The van der Waals surface area contributed by atoms with Gasteiger partial charge >= 0.3 is 5.97 Å². The van der Waals surface area contributed by atoms with Crippen LogP contribution in [0.1, 0.15) is 80.1 Å². The van der Waals surface area contributed by atoms with Gasteiger partial charge < -0.3 is 9.84 Å². The van der Waals surface area contributed by atoms with Crippen LogP contribution >= 0.6 is 0 Å². The van der Waals surface area contributed by atoms with Gasteiger partial charge in [0, 0.05) is 11.0 Å². The van der Waals surface area contributed by atoms with Crippen LogP contribution < -0.4 is 0 Å². The second-order valence-electron chi connectivity index (χ2n) is 12.6. The molecule has 0 amide bonds. The molecule has 5 unspecified atom stereocenters. The maximum atomic E-state index is 12.8. The summed E-state index contributed by atoms with van der Waals surface area (Å²) in [4.78, 5) is 25.4. The molecule has 5 aliphatic rings. The van der Waals surface area contributed by atoms with Crippen LogP contribution in [0.3, 0.4) is 0 Å². The fourth-order valence-electron chi connectivity index (χ4n) is 8.46. The topological polar surface area (TPSA) is 63.6 Å². The average Bonchev–Trinajstić information content (AvgIpc) is 2.79. The Hall–Kier alpha value is -2.36. The Kier molecular flexibility index (Phi) is 4.87. The van der Waals surface area contributed by atoms with Gasteiger partial charge in [0.1, 0.15) is 0 Å². The summed E-state index contributed by atoms with van der Waals surface area (Å²) in [6.45, 7) is 13.4. The number of methoxy groups -OCH3 is 1. The monoisotopic (exact) mass is 462 g/mol. The van der Waals surface area contributed by atoms with Crippen molar-refractivity contribution in [3.63, 3.8) is 0 Å².